The zero-order chi connectivity index (χ0) is 13.7. The topological polar surface area (TPSA) is 144 Å². The molecule has 0 unspecified atom stereocenters. The fraction of sp³-hybridized carbons (Fsp3) is 0.375. The molecular weight excluding hydrogens is 437 g/mol. The molecule has 0 aliphatic heterocycles. The Hall–Kier alpha value is -0.925. The summed E-state index contributed by atoms with van der Waals surface area (Å²) < 4.78 is 3.88. The van der Waals surface area contributed by atoms with Crippen molar-refractivity contribution in [2.75, 3.05) is 0 Å². The predicted octanol–water partition coefficient (Wildman–Crippen LogP) is -2.70. The van der Waals surface area contributed by atoms with Crippen LogP contribution in [0.4, 0.5) is 0 Å². The van der Waals surface area contributed by atoms with Crippen LogP contribution in [-0.4, -0.2) is 29.0 Å². The first-order valence-electron chi connectivity index (χ1n) is 3.68. The van der Waals surface area contributed by atoms with Gasteiger partial charge >= 0.3 is 20.4 Å². The second-order valence-corrected chi connectivity index (χ2v) is 2.06. The van der Waals surface area contributed by atoms with Crippen molar-refractivity contribution in [3.05, 3.63) is 6.61 Å². The molecule has 0 aliphatic carbocycles. The predicted molar refractivity (Wildman–Crippen MR) is 45.1 cm³/mol. The number of esters is 1. The van der Waals surface area contributed by atoms with E-state index in [2.05, 4.69) is 4.74 Å². The van der Waals surface area contributed by atoms with Gasteiger partial charge < -0.3 is 29.6 Å². The van der Waals surface area contributed by atoms with Gasteiger partial charge in [-0.05, 0) is 6.92 Å². The second-order valence-electron chi connectivity index (χ2n) is 2.06. The van der Waals surface area contributed by atoms with Crippen LogP contribution in [-0.2, 0) is 64.8 Å². The van der Waals surface area contributed by atoms with E-state index in [1.54, 1.807) is 0 Å². The Balaban J connectivity index is -0.0000000489. The number of carbonyl (C=O) groups is 4. The number of hydrogen-bond acceptors (Lipinski definition) is 7. The van der Waals surface area contributed by atoms with E-state index in [9.17, 15) is 14.7 Å². The van der Waals surface area contributed by atoms with Crippen molar-refractivity contribution in [1.82, 2.24) is 0 Å². The monoisotopic (exact) mass is 447 g/mol. The Morgan fingerprint density at radius 3 is 1.33 bits per heavy atom. The Morgan fingerprint density at radius 1 is 1.06 bits per heavy atom. The number of carboxylic acid groups (broad SMARTS) is 3. The van der Waals surface area contributed by atoms with Crippen LogP contribution in [0.2, 0.25) is 0 Å². The van der Waals surface area contributed by atoms with Gasteiger partial charge in [0, 0.05) is 40.2 Å². The number of carbonyl (C=O) groups excluding carboxylic acids is 3. The van der Waals surface area contributed by atoms with Crippen molar-refractivity contribution in [2.24, 2.45) is 0 Å². The number of carboxylic acids is 3. The van der Waals surface area contributed by atoms with Gasteiger partial charge in [-0.1, -0.05) is 5.97 Å². The summed E-state index contributed by atoms with van der Waals surface area (Å²) in [5.74, 6) is -4.10. The number of ether oxygens (including phenoxy) is 1. The Morgan fingerprint density at radius 2 is 1.28 bits per heavy atom. The molecule has 10 heteroatoms. The van der Waals surface area contributed by atoms with Crippen LogP contribution in [0.3, 0.4) is 0 Å². The molecule has 0 aromatic rings. The average Bonchev–Trinajstić information content (AvgIpc) is 1.98. The Labute approximate surface area is 131 Å². The van der Waals surface area contributed by atoms with E-state index in [1.165, 1.54) is 0 Å². The second kappa shape index (κ2) is 21.4. The fourth-order valence-electron chi connectivity index (χ4n) is 0.131. The van der Waals surface area contributed by atoms with E-state index >= 15 is 0 Å². The van der Waals surface area contributed by atoms with Crippen molar-refractivity contribution in [2.45, 2.75) is 20.8 Å². The van der Waals surface area contributed by atoms with Crippen LogP contribution in [0.5, 0.6) is 0 Å². The molecule has 0 radical (unpaired) electrons. The van der Waals surface area contributed by atoms with Crippen LogP contribution < -0.4 is 10.2 Å². The molecule has 0 aromatic heterocycles. The molecule has 0 bridgehead atoms. The van der Waals surface area contributed by atoms with E-state index in [1.807, 2.05) is 0 Å². The maximum absolute atomic E-state index is 9.80. The van der Waals surface area contributed by atoms with E-state index in [4.69, 9.17) is 19.8 Å². The third-order valence-electron chi connectivity index (χ3n) is 0.321. The first-order chi connectivity index (χ1) is 7.09. The molecule has 0 heterocycles. The summed E-state index contributed by atoms with van der Waals surface area (Å²) in [7, 11) is 0. The van der Waals surface area contributed by atoms with Crippen molar-refractivity contribution >= 4 is 23.9 Å². The maximum Gasteiger partial charge on any atom is 2.00 e. The van der Waals surface area contributed by atoms with Crippen LogP contribution in [0, 0.1) is 6.61 Å². The molecule has 8 nitrogen and oxygen atoms in total. The first-order valence-corrected chi connectivity index (χ1v) is 3.68. The van der Waals surface area contributed by atoms with Gasteiger partial charge in [-0.25, -0.2) is 0 Å². The van der Waals surface area contributed by atoms with Crippen molar-refractivity contribution in [1.29, 1.82) is 0 Å². The molecular formula is C8H11O8Pd2-. The summed E-state index contributed by atoms with van der Waals surface area (Å²) in [4.78, 5) is 37.2. The van der Waals surface area contributed by atoms with E-state index in [0.29, 0.717) is 6.61 Å². The summed E-state index contributed by atoms with van der Waals surface area (Å²) in [6.45, 7) is 3.47. The van der Waals surface area contributed by atoms with E-state index in [-0.39, 0.29) is 40.8 Å². The summed E-state index contributed by atoms with van der Waals surface area (Å²) in [6, 6.07) is 0. The minimum Gasteiger partial charge on any atom is -0.612 e. The SMILES string of the molecule is CC(=O)O.CC(=O)O[CH-]C(=O)[O-].CC(=O)[O-].[Pd+2].[Pd]. The first kappa shape index (κ1) is 30.3. The molecule has 0 spiro atoms. The van der Waals surface area contributed by atoms with Crippen LogP contribution in [0.15, 0.2) is 0 Å². The quantitative estimate of drug-likeness (QED) is 0.273. The molecule has 0 saturated heterocycles. The molecule has 0 fully saturated rings. The van der Waals surface area contributed by atoms with Crippen LogP contribution in [0.1, 0.15) is 20.8 Å². The number of aliphatic carboxylic acids is 3. The van der Waals surface area contributed by atoms with Crippen molar-refractivity contribution in [3.63, 3.8) is 0 Å². The molecule has 1 N–H and O–H groups in total. The van der Waals surface area contributed by atoms with E-state index < -0.39 is 23.9 Å². The van der Waals surface area contributed by atoms with Gasteiger partial charge in [-0.2, -0.15) is 6.61 Å². The van der Waals surface area contributed by atoms with Gasteiger partial charge in [0.15, 0.2) is 0 Å². The number of rotatable bonds is 2. The third kappa shape index (κ3) is 180. The Bertz CT molecular complexity index is 219. The standard InChI is InChI=1S/C4H5O4.2C2H4O2.2Pd/c1-3(5)8-2-4(6)7;2*1-2(3)4;;/h2H,1H3,(H,6,7);2*1H3,(H,3,4);;/q-1;;;;+2/p-2. The summed E-state index contributed by atoms with van der Waals surface area (Å²) in [6.07, 6.45) is 0. The molecule has 0 aliphatic rings. The van der Waals surface area contributed by atoms with Gasteiger partial charge in [0.25, 0.3) is 11.9 Å². The summed E-state index contributed by atoms with van der Waals surface area (Å²) >= 11 is 0. The van der Waals surface area contributed by atoms with Gasteiger partial charge in [0.1, 0.15) is 0 Å². The molecule has 0 rings (SSSR count). The minimum atomic E-state index is -1.51. The van der Waals surface area contributed by atoms with E-state index in [0.717, 1.165) is 20.8 Å². The average molecular weight is 448 g/mol. The summed E-state index contributed by atoms with van der Waals surface area (Å²) in [5, 5.41) is 25.8. The minimum absolute atomic E-state index is 0. The molecule has 0 amide bonds. The van der Waals surface area contributed by atoms with Gasteiger partial charge in [-0.15, -0.1) is 0 Å². The normalized spacial score (nSPS) is 6.17. The zero-order valence-electron chi connectivity index (χ0n) is 9.51. The fourth-order valence-corrected chi connectivity index (χ4v) is 0.131. The van der Waals surface area contributed by atoms with Crippen molar-refractivity contribution < 1.29 is 80.1 Å². The molecule has 0 atom stereocenters. The largest absolute Gasteiger partial charge is 2.00 e. The van der Waals surface area contributed by atoms with Crippen LogP contribution >= 0.6 is 0 Å². The smallest absolute Gasteiger partial charge is 0.612 e. The van der Waals surface area contributed by atoms with Gasteiger partial charge in [-0.3, -0.25) is 9.59 Å². The zero-order valence-corrected chi connectivity index (χ0v) is 12.6. The molecule has 0 aromatic carbocycles. The maximum atomic E-state index is 9.80. The van der Waals surface area contributed by atoms with Crippen LogP contribution in [0.25, 0.3) is 0 Å². The molecule has 0 saturated carbocycles. The van der Waals surface area contributed by atoms with Gasteiger partial charge in [0.05, 0.1) is 0 Å². The van der Waals surface area contributed by atoms with Crippen molar-refractivity contribution in [3.8, 4) is 0 Å². The van der Waals surface area contributed by atoms with Gasteiger partial charge in [0.2, 0.25) is 0 Å². The summed E-state index contributed by atoms with van der Waals surface area (Å²) in [5.41, 5.74) is 0. The Kier molecular flexibility index (Phi) is 35.9. The number of hydrogen-bond donors (Lipinski definition) is 1. The third-order valence-corrected chi connectivity index (χ3v) is 0.321. The molecule has 112 valence electrons. The molecule has 18 heavy (non-hydrogen) atoms.